The largest absolute Gasteiger partial charge is 0.463 e. The molecule has 1 heterocycles. The van der Waals surface area contributed by atoms with Crippen molar-refractivity contribution in [2.24, 2.45) is 17.3 Å². The number of likely N-dealkylation sites (tertiary alicyclic amines) is 1. The van der Waals surface area contributed by atoms with Crippen molar-refractivity contribution in [3.05, 3.63) is 11.6 Å². The van der Waals surface area contributed by atoms with Gasteiger partial charge in [0.05, 0.1) is 18.7 Å². The van der Waals surface area contributed by atoms with E-state index in [1.54, 1.807) is 31.9 Å². The lowest BCUT2D eigenvalue weighted by Gasteiger charge is -2.40. The first-order valence-corrected chi connectivity index (χ1v) is 12.4. The summed E-state index contributed by atoms with van der Waals surface area (Å²) in [4.78, 5) is 42.8. The number of amides is 2. The van der Waals surface area contributed by atoms with Crippen LogP contribution < -0.4 is 5.32 Å². The normalized spacial score (nSPS) is 22.0. The molecule has 4 atom stereocenters. The van der Waals surface area contributed by atoms with Gasteiger partial charge in [-0.1, -0.05) is 54.0 Å². The molecule has 2 amide bonds. The van der Waals surface area contributed by atoms with Crippen LogP contribution in [0.3, 0.4) is 0 Å². The number of esters is 1. The molecule has 33 heavy (non-hydrogen) atoms. The van der Waals surface area contributed by atoms with Crippen LogP contribution >= 0.6 is 0 Å². The van der Waals surface area contributed by atoms with E-state index < -0.39 is 11.5 Å². The molecule has 1 unspecified atom stereocenters. The Balaban J connectivity index is 3.09. The molecule has 1 rings (SSSR count). The Morgan fingerprint density at radius 3 is 2.24 bits per heavy atom. The molecule has 0 aromatic carbocycles. The van der Waals surface area contributed by atoms with Gasteiger partial charge in [-0.15, -0.1) is 0 Å². The number of rotatable bonds is 9. The van der Waals surface area contributed by atoms with Crippen LogP contribution in [0.5, 0.6) is 0 Å². The molecular weight excluding hydrogens is 418 g/mol. The van der Waals surface area contributed by atoms with Crippen molar-refractivity contribution in [1.29, 1.82) is 0 Å². The van der Waals surface area contributed by atoms with E-state index in [-0.39, 0.29) is 35.8 Å². The molecule has 1 saturated heterocycles. The average Bonchev–Trinajstić information content (AvgIpc) is 2.73. The molecule has 1 fully saturated rings. The molecule has 0 bridgehead atoms. The van der Waals surface area contributed by atoms with Gasteiger partial charge in [0.15, 0.2) is 0 Å². The van der Waals surface area contributed by atoms with Crippen LogP contribution in [0, 0.1) is 17.3 Å². The number of hydrogen-bond acceptors (Lipinski definition) is 5. The fourth-order valence-electron chi connectivity index (χ4n) is 4.46. The van der Waals surface area contributed by atoms with Crippen molar-refractivity contribution < 1.29 is 19.1 Å². The van der Waals surface area contributed by atoms with E-state index in [1.807, 2.05) is 41.7 Å². The van der Waals surface area contributed by atoms with Gasteiger partial charge in [0.2, 0.25) is 11.8 Å². The second kappa shape index (κ2) is 12.5. The zero-order valence-corrected chi connectivity index (χ0v) is 22.5. The molecule has 0 aromatic rings. The van der Waals surface area contributed by atoms with Gasteiger partial charge in [0.25, 0.3) is 0 Å². The minimum atomic E-state index is -0.676. The van der Waals surface area contributed by atoms with E-state index in [0.29, 0.717) is 18.1 Å². The maximum absolute atomic E-state index is 13.7. The third kappa shape index (κ3) is 8.13. The van der Waals surface area contributed by atoms with E-state index in [4.69, 9.17) is 4.74 Å². The van der Waals surface area contributed by atoms with Crippen LogP contribution in [0.25, 0.3) is 0 Å². The van der Waals surface area contributed by atoms with Gasteiger partial charge in [0.1, 0.15) is 6.04 Å². The molecule has 0 radical (unpaired) electrons. The number of nitrogens with one attached hydrogen (secondary N) is 1. The second-order valence-electron chi connectivity index (χ2n) is 10.9. The second-order valence-corrected chi connectivity index (χ2v) is 10.9. The Bertz CT molecular complexity index is 711. The summed E-state index contributed by atoms with van der Waals surface area (Å²) in [6, 6.07) is -1.20. The fraction of sp³-hybridized carbons (Fsp3) is 0.808. The molecular formula is C26H47N3O4. The first kappa shape index (κ1) is 29.1. The fourth-order valence-corrected chi connectivity index (χ4v) is 4.46. The lowest BCUT2D eigenvalue weighted by molar-refractivity contribution is -0.142. The summed E-state index contributed by atoms with van der Waals surface area (Å²) < 4.78 is 5.10. The maximum atomic E-state index is 13.7. The minimum Gasteiger partial charge on any atom is -0.463 e. The van der Waals surface area contributed by atoms with Gasteiger partial charge in [-0.2, -0.15) is 0 Å². The molecule has 7 nitrogen and oxygen atoms in total. The number of ether oxygens (including phenoxy) is 1. The molecule has 7 heteroatoms. The molecule has 1 N–H and O–H groups in total. The average molecular weight is 466 g/mol. The Morgan fingerprint density at radius 2 is 1.79 bits per heavy atom. The van der Waals surface area contributed by atoms with Gasteiger partial charge in [-0.05, 0) is 51.0 Å². The summed E-state index contributed by atoms with van der Waals surface area (Å²) in [5, 5.41) is 3.08. The Kier molecular flexibility index (Phi) is 11.1. The third-order valence-corrected chi connectivity index (χ3v) is 6.70. The number of carbonyl (C=O) groups is 3. The molecule has 0 saturated carbocycles. The predicted molar refractivity (Wildman–Crippen MR) is 133 cm³/mol. The highest BCUT2D eigenvalue weighted by Crippen LogP contribution is 2.26. The molecule has 1 aliphatic heterocycles. The highest BCUT2D eigenvalue weighted by molar-refractivity contribution is 5.91. The Morgan fingerprint density at radius 1 is 1.18 bits per heavy atom. The van der Waals surface area contributed by atoms with Crippen LogP contribution in [0.2, 0.25) is 0 Å². The van der Waals surface area contributed by atoms with Gasteiger partial charge < -0.3 is 15.0 Å². The first-order valence-electron chi connectivity index (χ1n) is 12.4. The summed E-state index contributed by atoms with van der Waals surface area (Å²) in [5.74, 6) is 0.0670. The third-order valence-electron chi connectivity index (χ3n) is 6.70. The first-order chi connectivity index (χ1) is 15.2. The van der Waals surface area contributed by atoms with Crippen molar-refractivity contribution >= 4 is 17.8 Å². The van der Waals surface area contributed by atoms with Crippen LogP contribution in [-0.4, -0.2) is 73.0 Å². The van der Waals surface area contributed by atoms with Gasteiger partial charge in [0, 0.05) is 19.2 Å². The number of carbonyl (C=O) groups excluding carboxylic acids is 3. The lowest BCUT2D eigenvalue weighted by atomic mass is 9.84. The summed E-state index contributed by atoms with van der Waals surface area (Å²) in [6.07, 6.45) is 4.74. The van der Waals surface area contributed by atoms with E-state index >= 15 is 0 Å². The summed E-state index contributed by atoms with van der Waals surface area (Å²) in [5.41, 5.74) is 0.00240. The highest BCUT2D eigenvalue weighted by atomic mass is 16.5. The number of nitrogens with zero attached hydrogens (tertiary/aromatic N) is 2. The SMILES string of the molecule is CCOC(=O)C(C)=C[C@H](C(C)C)N(C)C(=O)[C@@H](NC(=O)C1CC[C@@H](CC)CN1C)C(C)(C)C. The van der Waals surface area contributed by atoms with Gasteiger partial charge >= 0.3 is 5.97 Å². The number of hydrogen-bond donors (Lipinski definition) is 1. The highest BCUT2D eigenvalue weighted by Gasteiger charge is 2.39. The van der Waals surface area contributed by atoms with Crippen molar-refractivity contribution in [1.82, 2.24) is 15.1 Å². The van der Waals surface area contributed by atoms with E-state index in [9.17, 15) is 14.4 Å². The van der Waals surface area contributed by atoms with Crippen LogP contribution in [0.1, 0.15) is 74.7 Å². The minimum absolute atomic E-state index is 0.0788. The van der Waals surface area contributed by atoms with Crippen LogP contribution in [0.4, 0.5) is 0 Å². The Hall–Kier alpha value is -1.89. The summed E-state index contributed by atoms with van der Waals surface area (Å²) in [7, 11) is 3.73. The van der Waals surface area contributed by atoms with Gasteiger partial charge in [-0.25, -0.2) is 4.79 Å². The molecule has 190 valence electrons. The topological polar surface area (TPSA) is 79.0 Å². The summed E-state index contributed by atoms with van der Waals surface area (Å²) >= 11 is 0. The number of piperidine rings is 1. The lowest BCUT2D eigenvalue weighted by Crippen LogP contribution is -2.60. The Labute approximate surface area is 201 Å². The number of likely N-dealkylation sites (N-methyl/N-ethyl adjacent to an activating group) is 2. The quantitative estimate of drug-likeness (QED) is 0.416. The van der Waals surface area contributed by atoms with E-state index in [1.165, 1.54) is 0 Å². The molecule has 1 aliphatic rings. The van der Waals surface area contributed by atoms with Crippen molar-refractivity contribution in [2.45, 2.75) is 92.8 Å². The zero-order chi connectivity index (χ0) is 25.5. The van der Waals surface area contributed by atoms with Crippen molar-refractivity contribution in [3.8, 4) is 0 Å². The standard InChI is InChI=1S/C26H47N3O4/c1-11-19-13-14-20(28(9)16-19)23(30)27-22(26(6,7)8)24(31)29(10)21(17(3)4)15-18(5)25(32)33-12-2/h15,17,19-22H,11-14,16H2,1-10H3,(H,27,30)/t19-,20?,21-,22-/m1/s1. The summed E-state index contributed by atoms with van der Waals surface area (Å²) in [6.45, 7) is 16.8. The smallest absolute Gasteiger partial charge is 0.333 e. The predicted octanol–water partition coefficient (Wildman–Crippen LogP) is 3.63. The molecule has 0 aliphatic carbocycles. The van der Waals surface area contributed by atoms with Crippen molar-refractivity contribution in [2.75, 3.05) is 27.2 Å². The van der Waals surface area contributed by atoms with Crippen LogP contribution in [0.15, 0.2) is 11.6 Å². The molecule has 0 aromatic heterocycles. The van der Waals surface area contributed by atoms with E-state index in [0.717, 1.165) is 25.8 Å². The zero-order valence-electron chi connectivity index (χ0n) is 22.5. The van der Waals surface area contributed by atoms with E-state index in [2.05, 4.69) is 17.1 Å². The van der Waals surface area contributed by atoms with Gasteiger partial charge in [-0.3, -0.25) is 14.5 Å². The maximum Gasteiger partial charge on any atom is 0.333 e. The monoisotopic (exact) mass is 465 g/mol. The van der Waals surface area contributed by atoms with Crippen molar-refractivity contribution in [3.63, 3.8) is 0 Å². The van der Waals surface area contributed by atoms with Crippen LogP contribution in [-0.2, 0) is 19.1 Å². The molecule has 0 spiro atoms.